The number of aromatic nitrogens is 1. The number of hydrogen-bond donors (Lipinski definition) is 0. The van der Waals surface area contributed by atoms with Crippen LogP contribution in [0, 0.1) is 6.92 Å². The van der Waals surface area contributed by atoms with E-state index in [4.69, 9.17) is 0 Å². The largest absolute Gasteiger partial charge is 0.240 e. The summed E-state index contributed by atoms with van der Waals surface area (Å²) >= 11 is 5.20. The second kappa shape index (κ2) is 4.24. The van der Waals surface area contributed by atoms with E-state index in [1.165, 1.54) is 16.3 Å². The number of benzene rings is 2. The molecule has 0 amide bonds. The molecule has 0 unspecified atom stereocenters. The van der Waals surface area contributed by atoms with Gasteiger partial charge in [0.2, 0.25) is 0 Å². The number of nitrogens with zero attached hydrogens (tertiary/aromatic N) is 1. The van der Waals surface area contributed by atoms with E-state index < -0.39 is 0 Å². The standard InChI is InChI=1S/C14H10BrNS/c1-9-13(15)17-14(16-9)12-7-6-10-4-2-3-5-11(10)8-12/h2-8H,1H3. The first kappa shape index (κ1) is 10.9. The summed E-state index contributed by atoms with van der Waals surface area (Å²) < 4.78 is 1.11. The van der Waals surface area contributed by atoms with Crippen molar-refractivity contribution < 1.29 is 0 Å². The van der Waals surface area contributed by atoms with E-state index in [0.717, 1.165) is 14.5 Å². The van der Waals surface area contributed by atoms with Gasteiger partial charge in [-0.1, -0.05) is 36.4 Å². The van der Waals surface area contributed by atoms with Crippen LogP contribution in [-0.2, 0) is 0 Å². The Hall–Kier alpha value is -1.19. The van der Waals surface area contributed by atoms with Crippen molar-refractivity contribution in [1.82, 2.24) is 4.98 Å². The van der Waals surface area contributed by atoms with Gasteiger partial charge in [0.1, 0.15) is 5.01 Å². The van der Waals surface area contributed by atoms with Gasteiger partial charge in [-0.3, -0.25) is 0 Å². The summed E-state index contributed by atoms with van der Waals surface area (Å²) in [6, 6.07) is 14.9. The van der Waals surface area contributed by atoms with Gasteiger partial charge in [-0.2, -0.15) is 0 Å². The Kier molecular flexibility index (Phi) is 2.73. The van der Waals surface area contributed by atoms with Crippen LogP contribution in [-0.4, -0.2) is 4.98 Å². The third-order valence-corrected chi connectivity index (χ3v) is 4.79. The number of thiazole rings is 1. The molecule has 0 saturated heterocycles. The van der Waals surface area contributed by atoms with Crippen LogP contribution in [0.5, 0.6) is 0 Å². The van der Waals surface area contributed by atoms with Gasteiger partial charge < -0.3 is 0 Å². The second-order valence-electron chi connectivity index (χ2n) is 3.94. The van der Waals surface area contributed by atoms with Gasteiger partial charge in [-0.25, -0.2) is 4.98 Å². The lowest BCUT2D eigenvalue weighted by atomic mass is 10.1. The maximum atomic E-state index is 4.56. The zero-order chi connectivity index (χ0) is 11.8. The molecular formula is C14H10BrNS. The van der Waals surface area contributed by atoms with Gasteiger partial charge in [0.25, 0.3) is 0 Å². The fourth-order valence-electron chi connectivity index (χ4n) is 1.82. The smallest absolute Gasteiger partial charge is 0.124 e. The summed E-state index contributed by atoms with van der Waals surface area (Å²) in [5, 5.41) is 3.60. The summed E-state index contributed by atoms with van der Waals surface area (Å²) in [4.78, 5) is 4.56. The normalized spacial score (nSPS) is 10.9. The van der Waals surface area contributed by atoms with Crippen molar-refractivity contribution in [2.45, 2.75) is 6.92 Å². The van der Waals surface area contributed by atoms with Crippen molar-refractivity contribution in [1.29, 1.82) is 0 Å². The molecule has 0 aliphatic carbocycles. The lowest BCUT2D eigenvalue weighted by molar-refractivity contribution is 1.26. The van der Waals surface area contributed by atoms with Crippen LogP contribution < -0.4 is 0 Å². The molecule has 3 aromatic rings. The first-order valence-corrected chi connectivity index (χ1v) is 6.97. The zero-order valence-electron chi connectivity index (χ0n) is 9.27. The Labute approximate surface area is 112 Å². The van der Waals surface area contributed by atoms with Gasteiger partial charge in [0.05, 0.1) is 9.48 Å². The maximum absolute atomic E-state index is 4.56. The predicted molar refractivity (Wildman–Crippen MR) is 77.5 cm³/mol. The fourth-order valence-corrected chi connectivity index (χ4v) is 3.16. The quantitative estimate of drug-likeness (QED) is 0.614. The molecule has 0 bridgehead atoms. The van der Waals surface area contributed by atoms with Crippen LogP contribution in [0.1, 0.15) is 5.69 Å². The third kappa shape index (κ3) is 2.01. The highest BCUT2D eigenvalue weighted by atomic mass is 79.9. The van der Waals surface area contributed by atoms with Gasteiger partial charge >= 0.3 is 0 Å². The molecule has 1 aromatic heterocycles. The van der Waals surface area contributed by atoms with Crippen LogP contribution in [0.15, 0.2) is 46.3 Å². The highest BCUT2D eigenvalue weighted by Gasteiger charge is 2.07. The number of rotatable bonds is 1. The number of aryl methyl sites for hydroxylation is 1. The zero-order valence-corrected chi connectivity index (χ0v) is 11.7. The molecular weight excluding hydrogens is 294 g/mol. The Balaban J connectivity index is 2.17. The summed E-state index contributed by atoms with van der Waals surface area (Å²) in [5.74, 6) is 0. The van der Waals surface area contributed by atoms with Crippen LogP contribution >= 0.6 is 27.3 Å². The van der Waals surface area contributed by atoms with Crippen molar-refractivity contribution in [3.8, 4) is 10.6 Å². The summed E-state index contributed by atoms with van der Waals surface area (Å²) in [7, 11) is 0. The monoisotopic (exact) mass is 303 g/mol. The average molecular weight is 304 g/mol. The minimum Gasteiger partial charge on any atom is -0.240 e. The molecule has 0 aliphatic rings. The molecule has 0 N–H and O–H groups in total. The van der Waals surface area contributed by atoms with E-state index in [1.807, 2.05) is 6.92 Å². The van der Waals surface area contributed by atoms with Crippen LogP contribution in [0.25, 0.3) is 21.3 Å². The SMILES string of the molecule is Cc1nc(-c2ccc3ccccc3c2)sc1Br. The van der Waals surface area contributed by atoms with Crippen molar-refractivity contribution >= 4 is 38.0 Å². The molecule has 0 fully saturated rings. The molecule has 0 spiro atoms. The lowest BCUT2D eigenvalue weighted by Crippen LogP contribution is -1.78. The minimum atomic E-state index is 1.05. The average Bonchev–Trinajstić information content (AvgIpc) is 2.69. The summed E-state index contributed by atoms with van der Waals surface area (Å²) in [6.45, 7) is 2.02. The Bertz CT molecular complexity index is 668. The summed E-state index contributed by atoms with van der Waals surface area (Å²) in [5.41, 5.74) is 2.24. The molecule has 2 aromatic carbocycles. The van der Waals surface area contributed by atoms with E-state index in [-0.39, 0.29) is 0 Å². The highest BCUT2D eigenvalue weighted by Crippen LogP contribution is 2.32. The predicted octanol–water partition coefficient (Wildman–Crippen LogP) is 5.03. The molecule has 3 heteroatoms. The molecule has 84 valence electrons. The summed E-state index contributed by atoms with van der Waals surface area (Å²) in [6.07, 6.45) is 0. The molecule has 1 heterocycles. The Morgan fingerprint density at radius 2 is 1.82 bits per heavy atom. The number of hydrogen-bond acceptors (Lipinski definition) is 2. The van der Waals surface area contributed by atoms with Gasteiger partial charge in [0, 0.05) is 5.56 Å². The van der Waals surface area contributed by atoms with Crippen molar-refractivity contribution in [2.75, 3.05) is 0 Å². The van der Waals surface area contributed by atoms with E-state index in [2.05, 4.69) is 63.4 Å². The van der Waals surface area contributed by atoms with Gasteiger partial charge in [0.15, 0.2) is 0 Å². The third-order valence-electron chi connectivity index (χ3n) is 2.74. The lowest BCUT2D eigenvalue weighted by Gasteiger charge is -2.00. The highest BCUT2D eigenvalue weighted by molar-refractivity contribution is 9.11. The molecule has 0 radical (unpaired) electrons. The molecule has 17 heavy (non-hydrogen) atoms. The maximum Gasteiger partial charge on any atom is 0.124 e. The fraction of sp³-hybridized carbons (Fsp3) is 0.0714. The molecule has 1 nitrogen and oxygen atoms in total. The van der Waals surface area contributed by atoms with Crippen LogP contribution in [0.2, 0.25) is 0 Å². The van der Waals surface area contributed by atoms with E-state index >= 15 is 0 Å². The Morgan fingerprint density at radius 3 is 2.53 bits per heavy atom. The van der Waals surface area contributed by atoms with Gasteiger partial charge in [-0.15, -0.1) is 11.3 Å². The molecule has 3 rings (SSSR count). The van der Waals surface area contributed by atoms with Crippen LogP contribution in [0.3, 0.4) is 0 Å². The first-order chi connectivity index (χ1) is 8.24. The number of fused-ring (bicyclic) bond motifs is 1. The molecule has 0 aliphatic heterocycles. The van der Waals surface area contributed by atoms with E-state index in [0.29, 0.717) is 0 Å². The van der Waals surface area contributed by atoms with Crippen molar-refractivity contribution in [3.63, 3.8) is 0 Å². The first-order valence-electron chi connectivity index (χ1n) is 5.36. The minimum absolute atomic E-state index is 1.05. The van der Waals surface area contributed by atoms with Crippen molar-refractivity contribution in [2.24, 2.45) is 0 Å². The van der Waals surface area contributed by atoms with Crippen LogP contribution in [0.4, 0.5) is 0 Å². The van der Waals surface area contributed by atoms with E-state index in [1.54, 1.807) is 11.3 Å². The van der Waals surface area contributed by atoms with E-state index in [9.17, 15) is 0 Å². The topological polar surface area (TPSA) is 12.9 Å². The molecule has 0 atom stereocenters. The molecule has 0 saturated carbocycles. The number of halogens is 1. The Morgan fingerprint density at radius 1 is 1.06 bits per heavy atom. The van der Waals surface area contributed by atoms with Crippen molar-refractivity contribution in [3.05, 3.63) is 51.9 Å². The van der Waals surface area contributed by atoms with Gasteiger partial charge in [-0.05, 0) is 39.7 Å². The second-order valence-corrected chi connectivity index (χ2v) is 6.26.